The summed E-state index contributed by atoms with van der Waals surface area (Å²) in [6, 6.07) is 11.8. The lowest BCUT2D eigenvalue weighted by atomic mass is 10.1. The second-order valence-electron chi connectivity index (χ2n) is 5.49. The van der Waals surface area contributed by atoms with Crippen LogP contribution in [0.5, 0.6) is 0 Å². The normalized spacial score (nSPS) is 10.7. The molecule has 2 heterocycles. The molecule has 3 rings (SSSR count). The summed E-state index contributed by atoms with van der Waals surface area (Å²) < 4.78 is 0. The maximum Gasteiger partial charge on any atom is 0.125 e. The van der Waals surface area contributed by atoms with Gasteiger partial charge in [0, 0.05) is 30.7 Å². The van der Waals surface area contributed by atoms with Crippen molar-refractivity contribution in [2.24, 2.45) is 0 Å². The SMILES string of the molecule is CN(C)Cc1ccncc1-c1ncc(-c2ccc(C#N)cc2)s1. The molecule has 0 aliphatic rings. The molecule has 0 fully saturated rings. The van der Waals surface area contributed by atoms with Gasteiger partial charge in [-0.1, -0.05) is 12.1 Å². The van der Waals surface area contributed by atoms with Crippen molar-refractivity contribution in [1.82, 2.24) is 14.9 Å². The minimum Gasteiger partial charge on any atom is -0.305 e. The number of hydrogen-bond acceptors (Lipinski definition) is 5. The summed E-state index contributed by atoms with van der Waals surface area (Å²) in [6.45, 7) is 0.851. The van der Waals surface area contributed by atoms with Crippen LogP contribution in [0.2, 0.25) is 0 Å². The van der Waals surface area contributed by atoms with Crippen LogP contribution >= 0.6 is 11.3 Å². The Bertz CT molecular complexity index is 844. The Morgan fingerprint density at radius 3 is 2.61 bits per heavy atom. The fourth-order valence-electron chi connectivity index (χ4n) is 2.34. The molecule has 4 nitrogen and oxygen atoms in total. The molecular formula is C18H16N4S. The van der Waals surface area contributed by atoms with Gasteiger partial charge in [-0.3, -0.25) is 4.98 Å². The average Bonchev–Trinajstić information content (AvgIpc) is 3.05. The lowest BCUT2D eigenvalue weighted by molar-refractivity contribution is 0.403. The third-order valence-electron chi connectivity index (χ3n) is 3.43. The molecule has 3 aromatic rings. The molecule has 114 valence electrons. The van der Waals surface area contributed by atoms with Crippen molar-refractivity contribution >= 4 is 11.3 Å². The number of aromatic nitrogens is 2. The van der Waals surface area contributed by atoms with Crippen LogP contribution < -0.4 is 0 Å². The Hall–Kier alpha value is -2.55. The van der Waals surface area contributed by atoms with Gasteiger partial charge in [-0.05, 0) is 43.4 Å². The van der Waals surface area contributed by atoms with Gasteiger partial charge in [-0.15, -0.1) is 11.3 Å². The first-order chi connectivity index (χ1) is 11.2. The van der Waals surface area contributed by atoms with Crippen molar-refractivity contribution in [3.8, 4) is 27.1 Å². The predicted molar refractivity (Wildman–Crippen MR) is 92.9 cm³/mol. The molecule has 0 atom stereocenters. The van der Waals surface area contributed by atoms with Crippen LogP contribution in [0.25, 0.3) is 21.0 Å². The number of nitriles is 1. The van der Waals surface area contributed by atoms with Crippen LogP contribution in [0.4, 0.5) is 0 Å². The Balaban J connectivity index is 1.94. The van der Waals surface area contributed by atoms with E-state index >= 15 is 0 Å². The van der Waals surface area contributed by atoms with E-state index in [2.05, 4.69) is 20.9 Å². The van der Waals surface area contributed by atoms with Crippen LogP contribution in [-0.4, -0.2) is 29.0 Å². The van der Waals surface area contributed by atoms with Crippen LogP contribution in [0, 0.1) is 11.3 Å². The van der Waals surface area contributed by atoms with Gasteiger partial charge in [0.25, 0.3) is 0 Å². The van der Waals surface area contributed by atoms with Crippen molar-refractivity contribution in [2.45, 2.75) is 6.54 Å². The number of nitrogens with zero attached hydrogens (tertiary/aromatic N) is 4. The Morgan fingerprint density at radius 2 is 1.91 bits per heavy atom. The van der Waals surface area contributed by atoms with Crippen molar-refractivity contribution in [3.63, 3.8) is 0 Å². The summed E-state index contributed by atoms with van der Waals surface area (Å²) in [4.78, 5) is 12.0. The largest absolute Gasteiger partial charge is 0.305 e. The van der Waals surface area contributed by atoms with E-state index in [1.54, 1.807) is 11.3 Å². The van der Waals surface area contributed by atoms with Gasteiger partial charge in [0.1, 0.15) is 5.01 Å². The highest BCUT2D eigenvalue weighted by molar-refractivity contribution is 7.18. The van der Waals surface area contributed by atoms with Gasteiger partial charge in [0.2, 0.25) is 0 Å². The highest BCUT2D eigenvalue weighted by Gasteiger charge is 2.11. The highest BCUT2D eigenvalue weighted by atomic mass is 32.1. The van der Waals surface area contributed by atoms with Crippen LogP contribution in [0.15, 0.2) is 48.9 Å². The van der Waals surface area contributed by atoms with E-state index in [9.17, 15) is 0 Å². The van der Waals surface area contributed by atoms with Crippen molar-refractivity contribution < 1.29 is 0 Å². The lowest BCUT2D eigenvalue weighted by Crippen LogP contribution is -2.11. The summed E-state index contributed by atoms with van der Waals surface area (Å²) >= 11 is 1.64. The molecule has 0 spiro atoms. The van der Waals surface area contributed by atoms with Crippen molar-refractivity contribution in [3.05, 3.63) is 60.0 Å². The quantitative estimate of drug-likeness (QED) is 0.733. The van der Waals surface area contributed by atoms with E-state index in [1.165, 1.54) is 5.56 Å². The van der Waals surface area contributed by atoms with Gasteiger partial charge in [0.15, 0.2) is 0 Å². The molecular weight excluding hydrogens is 304 g/mol. The van der Waals surface area contributed by atoms with E-state index in [0.29, 0.717) is 5.56 Å². The summed E-state index contributed by atoms with van der Waals surface area (Å²) in [6.07, 6.45) is 5.57. The van der Waals surface area contributed by atoms with Gasteiger partial charge in [0.05, 0.1) is 16.5 Å². The molecule has 0 amide bonds. The van der Waals surface area contributed by atoms with Crippen molar-refractivity contribution in [1.29, 1.82) is 5.26 Å². The van der Waals surface area contributed by atoms with E-state index in [1.807, 2.05) is 63.0 Å². The first-order valence-electron chi connectivity index (χ1n) is 7.21. The molecule has 23 heavy (non-hydrogen) atoms. The summed E-state index contributed by atoms with van der Waals surface area (Å²) in [5, 5.41) is 9.85. The fraction of sp³-hybridized carbons (Fsp3) is 0.167. The molecule has 0 bridgehead atoms. The predicted octanol–water partition coefficient (Wildman–Crippen LogP) is 3.81. The van der Waals surface area contributed by atoms with E-state index < -0.39 is 0 Å². The topological polar surface area (TPSA) is 52.8 Å². The first kappa shape index (κ1) is 15.3. The first-order valence-corrected chi connectivity index (χ1v) is 8.03. The smallest absolute Gasteiger partial charge is 0.125 e. The molecule has 0 aliphatic heterocycles. The molecule has 2 aromatic heterocycles. The van der Waals surface area contributed by atoms with E-state index in [-0.39, 0.29) is 0 Å². The molecule has 0 unspecified atom stereocenters. The minimum absolute atomic E-state index is 0.666. The number of hydrogen-bond donors (Lipinski definition) is 0. The van der Waals surface area contributed by atoms with Crippen molar-refractivity contribution in [2.75, 3.05) is 14.1 Å². The molecule has 0 N–H and O–H groups in total. The molecule has 0 aliphatic carbocycles. The number of rotatable bonds is 4. The second kappa shape index (κ2) is 6.69. The minimum atomic E-state index is 0.666. The number of benzene rings is 1. The summed E-state index contributed by atoms with van der Waals surface area (Å²) in [5.41, 5.74) is 4.03. The van der Waals surface area contributed by atoms with Gasteiger partial charge >= 0.3 is 0 Å². The molecule has 5 heteroatoms. The Labute approximate surface area is 139 Å². The second-order valence-corrected chi connectivity index (χ2v) is 6.52. The maximum absolute atomic E-state index is 8.88. The zero-order chi connectivity index (χ0) is 16.2. The Kier molecular flexibility index (Phi) is 4.47. The monoisotopic (exact) mass is 320 g/mol. The fourth-order valence-corrected chi connectivity index (χ4v) is 3.30. The number of pyridine rings is 1. The molecule has 0 saturated heterocycles. The van der Waals surface area contributed by atoms with E-state index in [4.69, 9.17) is 5.26 Å². The van der Waals surface area contributed by atoms with Crippen LogP contribution in [0.1, 0.15) is 11.1 Å². The molecule has 0 radical (unpaired) electrons. The average molecular weight is 320 g/mol. The standard InChI is InChI=1S/C18H16N4S/c1-22(2)12-15-7-8-20-10-16(15)18-21-11-17(23-18)14-5-3-13(9-19)4-6-14/h3-8,10-11H,12H2,1-2H3. The zero-order valence-corrected chi connectivity index (χ0v) is 13.8. The third-order valence-corrected chi connectivity index (χ3v) is 4.51. The zero-order valence-electron chi connectivity index (χ0n) is 13.0. The van der Waals surface area contributed by atoms with Crippen LogP contribution in [-0.2, 0) is 6.54 Å². The summed E-state index contributed by atoms with van der Waals surface area (Å²) in [5.74, 6) is 0. The van der Waals surface area contributed by atoms with Gasteiger partial charge in [-0.25, -0.2) is 4.98 Å². The highest BCUT2D eigenvalue weighted by Crippen LogP contribution is 2.33. The van der Waals surface area contributed by atoms with Gasteiger partial charge in [-0.2, -0.15) is 5.26 Å². The van der Waals surface area contributed by atoms with Crippen LogP contribution in [0.3, 0.4) is 0 Å². The molecule has 0 saturated carbocycles. The summed E-state index contributed by atoms with van der Waals surface area (Å²) in [7, 11) is 4.10. The third kappa shape index (κ3) is 3.45. The lowest BCUT2D eigenvalue weighted by Gasteiger charge is -2.12. The van der Waals surface area contributed by atoms with Gasteiger partial charge < -0.3 is 4.90 Å². The molecule has 1 aromatic carbocycles. The van der Waals surface area contributed by atoms with E-state index in [0.717, 1.165) is 27.6 Å². The number of thiazole rings is 1. The Morgan fingerprint density at radius 1 is 1.13 bits per heavy atom. The maximum atomic E-state index is 8.88.